The lowest BCUT2D eigenvalue weighted by atomic mass is 10.1. The van der Waals surface area contributed by atoms with Gasteiger partial charge in [0.05, 0.1) is 18.9 Å². The number of fused-ring (bicyclic) bond motifs is 5. The van der Waals surface area contributed by atoms with Crippen LogP contribution in [0, 0.1) is 4.64 Å². The van der Waals surface area contributed by atoms with E-state index in [4.69, 9.17) is 21.7 Å². The number of benzene rings is 2. The van der Waals surface area contributed by atoms with Crippen molar-refractivity contribution in [3.63, 3.8) is 0 Å². The van der Waals surface area contributed by atoms with Gasteiger partial charge in [-0.2, -0.15) is 0 Å². The van der Waals surface area contributed by atoms with E-state index in [-0.39, 0.29) is 0 Å². The molecule has 0 saturated carbocycles. The lowest BCUT2D eigenvalue weighted by molar-refractivity contribution is 0.415. The molecular weight excluding hydrogens is 314 g/mol. The minimum Gasteiger partial charge on any atom is -0.497 e. The van der Waals surface area contributed by atoms with Crippen LogP contribution in [0.25, 0.3) is 31.1 Å². The van der Waals surface area contributed by atoms with Gasteiger partial charge in [-0.1, -0.05) is 12.2 Å². The summed E-state index contributed by atoms with van der Waals surface area (Å²) >= 11 is 7.24. The van der Waals surface area contributed by atoms with Crippen molar-refractivity contribution < 1.29 is 9.47 Å². The fourth-order valence-electron chi connectivity index (χ4n) is 2.78. The van der Waals surface area contributed by atoms with E-state index in [0.29, 0.717) is 0 Å². The van der Waals surface area contributed by atoms with Gasteiger partial charge in [0, 0.05) is 26.4 Å². The number of aromatic amines is 1. The smallest absolute Gasteiger partial charge is 0.121 e. The van der Waals surface area contributed by atoms with E-state index in [9.17, 15) is 0 Å². The molecule has 2 heterocycles. The molecule has 0 aliphatic carbocycles. The molecule has 3 nitrogen and oxygen atoms in total. The average molecular weight is 327 g/mol. The van der Waals surface area contributed by atoms with Gasteiger partial charge in [-0.25, -0.2) is 0 Å². The fraction of sp³-hybridized carbons (Fsp3) is 0.118. The molecule has 1 N–H and O–H groups in total. The molecule has 0 radical (unpaired) electrons. The van der Waals surface area contributed by atoms with Crippen molar-refractivity contribution >= 4 is 54.6 Å². The lowest BCUT2D eigenvalue weighted by Crippen LogP contribution is -1.86. The number of methoxy groups -OCH3 is 2. The Morgan fingerprint density at radius 3 is 2.36 bits per heavy atom. The normalized spacial score (nSPS) is 11.4. The molecule has 22 heavy (non-hydrogen) atoms. The molecule has 0 saturated heterocycles. The molecule has 2 aromatic heterocycles. The number of aromatic nitrogens is 1. The minimum absolute atomic E-state index is 0.771. The van der Waals surface area contributed by atoms with Crippen molar-refractivity contribution in [2.24, 2.45) is 0 Å². The zero-order valence-corrected chi connectivity index (χ0v) is 13.7. The molecule has 0 aliphatic rings. The molecule has 110 valence electrons. The Bertz CT molecular complexity index is 1080. The summed E-state index contributed by atoms with van der Waals surface area (Å²) in [6.45, 7) is 0. The van der Waals surface area contributed by atoms with Gasteiger partial charge in [-0.3, -0.25) is 0 Å². The third-order valence-corrected chi connectivity index (χ3v) is 5.47. The van der Waals surface area contributed by atoms with E-state index in [1.165, 1.54) is 4.70 Å². The molecule has 0 unspecified atom stereocenters. The van der Waals surface area contributed by atoms with Gasteiger partial charge in [0.25, 0.3) is 0 Å². The van der Waals surface area contributed by atoms with Crippen LogP contribution in [0.4, 0.5) is 0 Å². The average Bonchev–Trinajstić information content (AvgIpc) is 2.94. The Hall–Kier alpha value is -2.11. The second-order valence-corrected chi connectivity index (χ2v) is 6.49. The highest BCUT2D eigenvalue weighted by molar-refractivity contribution is 7.71. The highest BCUT2D eigenvalue weighted by atomic mass is 32.1. The molecule has 0 aliphatic heterocycles. The Morgan fingerprint density at radius 1 is 0.955 bits per heavy atom. The number of nitrogens with one attached hydrogen (secondary N) is 1. The zero-order valence-electron chi connectivity index (χ0n) is 12.1. The van der Waals surface area contributed by atoms with Gasteiger partial charge in [-0.05, 0) is 36.4 Å². The van der Waals surface area contributed by atoms with Crippen LogP contribution in [-0.4, -0.2) is 19.2 Å². The van der Waals surface area contributed by atoms with E-state index >= 15 is 0 Å². The van der Waals surface area contributed by atoms with Gasteiger partial charge in [0.2, 0.25) is 0 Å². The number of pyridine rings is 1. The number of thiophene rings is 1. The van der Waals surface area contributed by atoms with Crippen molar-refractivity contribution in [3.8, 4) is 11.5 Å². The summed E-state index contributed by atoms with van der Waals surface area (Å²) in [5.74, 6) is 1.68. The maximum atomic E-state index is 5.54. The second-order valence-electron chi connectivity index (χ2n) is 5.03. The number of rotatable bonds is 2. The van der Waals surface area contributed by atoms with Crippen LogP contribution in [0.5, 0.6) is 11.5 Å². The Labute approximate surface area is 136 Å². The van der Waals surface area contributed by atoms with E-state index in [2.05, 4.69) is 23.2 Å². The third kappa shape index (κ3) is 1.90. The van der Waals surface area contributed by atoms with Crippen molar-refractivity contribution in [1.82, 2.24) is 4.98 Å². The molecule has 5 heteroatoms. The summed E-state index contributed by atoms with van der Waals surface area (Å²) in [5.41, 5.74) is 1.01. The predicted molar refractivity (Wildman–Crippen MR) is 95.1 cm³/mol. The van der Waals surface area contributed by atoms with Crippen molar-refractivity contribution in [3.05, 3.63) is 41.0 Å². The lowest BCUT2D eigenvalue weighted by Gasteiger charge is -2.05. The van der Waals surface area contributed by atoms with E-state index < -0.39 is 0 Å². The summed E-state index contributed by atoms with van der Waals surface area (Å²) in [5, 5.41) is 3.44. The topological polar surface area (TPSA) is 34.2 Å². The molecule has 0 amide bonds. The number of hydrogen-bond donors (Lipinski definition) is 1. The monoisotopic (exact) mass is 327 g/mol. The molecule has 0 atom stereocenters. The van der Waals surface area contributed by atoms with E-state index in [1.807, 2.05) is 18.2 Å². The first-order valence-corrected chi connectivity index (χ1v) is 8.04. The van der Waals surface area contributed by atoms with Gasteiger partial charge in [-0.15, -0.1) is 11.3 Å². The van der Waals surface area contributed by atoms with Crippen LogP contribution in [0.3, 0.4) is 0 Å². The van der Waals surface area contributed by atoms with Crippen LogP contribution < -0.4 is 9.47 Å². The Morgan fingerprint density at radius 2 is 1.64 bits per heavy atom. The van der Waals surface area contributed by atoms with E-state index in [0.717, 1.165) is 42.5 Å². The Kier molecular flexibility index (Phi) is 3.06. The number of hydrogen-bond acceptors (Lipinski definition) is 4. The van der Waals surface area contributed by atoms with Crippen molar-refractivity contribution in [2.45, 2.75) is 0 Å². The molecule has 0 bridgehead atoms. The SMILES string of the molecule is COc1ccc2[nH]c(=S)c3sc4ccc(OC)cc4c3c2c1. The van der Waals surface area contributed by atoms with Crippen LogP contribution in [0.15, 0.2) is 36.4 Å². The highest BCUT2D eigenvalue weighted by Crippen LogP contribution is 2.40. The van der Waals surface area contributed by atoms with Gasteiger partial charge < -0.3 is 14.5 Å². The maximum absolute atomic E-state index is 5.54. The zero-order chi connectivity index (χ0) is 15.3. The highest BCUT2D eigenvalue weighted by Gasteiger charge is 2.12. The molecule has 0 fully saturated rings. The standard InChI is InChI=1S/C17H13NO2S2/c1-19-9-3-5-13-11(7-9)15-12-8-10(20-2)4-6-14(12)22-16(15)17(21)18-13/h3-8H,1-2H3,(H,18,21). The van der Waals surface area contributed by atoms with Crippen molar-refractivity contribution in [1.29, 1.82) is 0 Å². The first-order valence-electron chi connectivity index (χ1n) is 6.81. The van der Waals surface area contributed by atoms with Gasteiger partial charge >= 0.3 is 0 Å². The summed E-state index contributed by atoms with van der Waals surface area (Å²) in [6, 6.07) is 12.1. The fourth-order valence-corrected chi connectivity index (χ4v) is 4.21. The summed E-state index contributed by atoms with van der Waals surface area (Å²) in [6.07, 6.45) is 0. The van der Waals surface area contributed by atoms with Crippen LogP contribution in [0.2, 0.25) is 0 Å². The van der Waals surface area contributed by atoms with Crippen molar-refractivity contribution in [2.75, 3.05) is 14.2 Å². The first-order chi connectivity index (χ1) is 10.7. The van der Waals surface area contributed by atoms with Gasteiger partial charge in [0.15, 0.2) is 0 Å². The maximum Gasteiger partial charge on any atom is 0.121 e. The van der Waals surface area contributed by atoms with Crippen LogP contribution in [-0.2, 0) is 0 Å². The van der Waals surface area contributed by atoms with E-state index in [1.54, 1.807) is 25.6 Å². The quantitative estimate of drug-likeness (QED) is 0.508. The van der Waals surface area contributed by atoms with Crippen LogP contribution in [0.1, 0.15) is 0 Å². The van der Waals surface area contributed by atoms with Crippen LogP contribution >= 0.6 is 23.6 Å². The molecule has 4 aromatic rings. The largest absolute Gasteiger partial charge is 0.497 e. The number of ether oxygens (including phenoxy) is 2. The number of H-pyrrole nitrogens is 1. The second kappa shape index (κ2) is 4.97. The predicted octanol–water partition coefficient (Wildman–Crippen LogP) is 5.28. The third-order valence-electron chi connectivity index (χ3n) is 3.85. The van der Waals surface area contributed by atoms with Gasteiger partial charge in [0.1, 0.15) is 16.1 Å². The first kappa shape index (κ1) is 13.5. The molecule has 2 aromatic carbocycles. The summed E-state index contributed by atoms with van der Waals surface area (Å²) < 4.78 is 13.8. The Balaban J connectivity index is 2.27. The molecular formula is C17H13NO2S2. The molecule has 4 rings (SSSR count). The molecule has 0 spiro atoms. The minimum atomic E-state index is 0.771. The summed E-state index contributed by atoms with van der Waals surface area (Å²) in [7, 11) is 3.36. The summed E-state index contributed by atoms with van der Waals surface area (Å²) in [4.78, 5) is 3.31.